The number of hydrogen-bond donors (Lipinski definition) is 0. The van der Waals surface area contributed by atoms with E-state index in [0.717, 1.165) is 40.3 Å². The van der Waals surface area contributed by atoms with E-state index in [1.54, 1.807) is 13.2 Å². The van der Waals surface area contributed by atoms with Gasteiger partial charge in [0.2, 0.25) is 6.23 Å². The minimum absolute atomic E-state index is 0.00768. The number of ether oxygens (including phenoxy) is 4. The molecule has 0 bridgehead atoms. The Hall–Kier alpha value is -3.64. The molecular formula is C28H27ClN2O4. The lowest BCUT2D eigenvalue weighted by Crippen LogP contribution is -2.33. The Morgan fingerprint density at radius 2 is 1.91 bits per heavy atom. The summed E-state index contributed by atoms with van der Waals surface area (Å²) in [5, 5.41) is 7.71. The van der Waals surface area contributed by atoms with Crippen molar-refractivity contribution in [2.75, 3.05) is 20.3 Å². The lowest BCUT2D eigenvalue weighted by molar-refractivity contribution is -0.0191. The summed E-state index contributed by atoms with van der Waals surface area (Å²) in [6.45, 7) is 6.71. The van der Waals surface area contributed by atoms with Crippen molar-refractivity contribution in [3.63, 3.8) is 0 Å². The third kappa shape index (κ3) is 4.54. The lowest BCUT2D eigenvalue weighted by atomic mass is 9.96. The molecule has 2 atom stereocenters. The molecule has 0 N–H and O–H groups in total. The van der Waals surface area contributed by atoms with Gasteiger partial charge in [-0.05, 0) is 73.2 Å². The van der Waals surface area contributed by atoms with Crippen LogP contribution in [0.25, 0.3) is 0 Å². The molecule has 0 aliphatic carbocycles. The third-order valence-corrected chi connectivity index (χ3v) is 6.32. The molecule has 0 radical (unpaired) electrons. The Kier molecular flexibility index (Phi) is 6.55. The first-order valence-corrected chi connectivity index (χ1v) is 12.0. The summed E-state index contributed by atoms with van der Waals surface area (Å²) >= 11 is 6.36. The highest BCUT2D eigenvalue weighted by Gasteiger charge is 2.41. The molecule has 6 nitrogen and oxygen atoms in total. The van der Waals surface area contributed by atoms with Crippen molar-refractivity contribution < 1.29 is 18.9 Å². The van der Waals surface area contributed by atoms with Gasteiger partial charge in [-0.15, -0.1) is 0 Å². The zero-order valence-corrected chi connectivity index (χ0v) is 20.5. The van der Waals surface area contributed by atoms with E-state index in [-0.39, 0.29) is 6.04 Å². The maximum Gasteiger partial charge on any atom is 0.214 e. The van der Waals surface area contributed by atoms with Gasteiger partial charge < -0.3 is 18.9 Å². The van der Waals surface area contributed by atoms with Gasteiger partial charge >= 0.3 is 0 Å². The molecule has 35 heavy (non-hydrogen) atoms. The van der Waals surface area contributed by atoms with Crippen molar-refractivity contribution in [2.45, 2.75) is 25.6 Å². The van der Waals surface area contributed by atoms with Crippen LogP contribution >= 0.6 is 11.6 Å². The first kappa shape index (κ1) is 23.1. The van der Waals surface area contributed by atoms with Gasteiger partial charge in [0, 0.05) is 22.6 Å². The summed E-state index contributed by atoms with van der Waals surface area (Å²) in [6.07, 6.45) is 2.00. The van der Waals surface area contributed by atoms with Crippen molar-refractivity contribution in [3.8, 4) is 23.0 Å². The minimum Gasteiger partial charge on any atom is -0.494 e. The Morgan fingerprint density at radius 3 is 2.66 bits per heavy atom. The number of halogens is 1. The SMILES string of the molecule is C=CCOc1ccc([C@H]2Oc3ccc(Cl)cc3[C@H]3CC(c4ccc(OCC)cc4)=NN32)cc1OC. The van der Waals surface area contributed by atoms with Gasteiger partial charge in [-0.2, -0.15) is 5.10 Å². The number of nitrogens with zero attached hydrogens (tertiary/aromatic N) is 2. The number of benzene rings is 3. The van der Waals surface area contributed by atoms with E-state index in [1.165, 1.54) is 0 Å². The van der Waals surface area contributed by atoms with Gasteiger partial charge in [0.1, 0.15) is 18.1 Å². The van der Waals surface area contributed by atoms with Gasteiger partial charge in [0.15, 0.2) is 11.5 Å². The smallest absolute Gasteiger partial charge is 0.214 e. The van der Waals surface area contributed by atoms with Crippen LogP contribution in [0, 0.1) is 0 Å². The number of methoxy groups -OCH3 is 1. The van der Waals surface area contributed by atoms with Crippen LogP contribution in [-0.2, 0) is 0 Å². The molecule has 0 unspecified atom stereocenters. The molecule has 2 heterocycles. The second-order valence-corrected chi connectivity index (χ2v) is 8.70. The molecule has 2 aliphatic heterocycles. The number of hydrazone groups is 1. The monoisotopic (exact) mass is 490 g/mol. The van der Waals surface area contributed by atoms with Crippen LogP contribution in [0.3, 0.4) is 0 Å². The molecular weight excluding hydrogens is 464 g/mol. The Labute approximate surface area is 210 Å². The van der Waals surface area contributed by atoms with Crippen molar-refractivity contribution >= 4 is 17.3 Å². The third-order valence-electron chi connectivity index (χ3n) is 6.08. The van der Waals surface area contributed by atoms with Crippen LogP contribution in [0.15, 0.2) is 78.4 Å². The largest absolute Gasteiger partial charge is 0.494 e. The highest BCUT2D eigenvalue weighted by atomic mass is 35.5. The van der Waals surface area contributed by atoms with Gasteiger partial charge in [-0.1, -0.05) is 24.3 Å². The summed E-state index contributed by atoms with van der Waals surface area (Å²) in [7, 11) is 1.62. The molecule has 0 spiro atoms. The number of fused-ring (bicyclic) bond motifs is 3. The standard InChI is InChI=1S/C28H27ClN2O4/c1-4-14-34-26-12-8-19(15-27(26)32-3)28-31-24(22-16-20(29)9-13-25(22)35-28)17-23(30-31)18-6-10-21(11-7-18)33-5-2/h4,6-13,15-16,24,28H,1,5,14,17H2,2-3H3/t24-,28-/m1/s1. The first-order valence-electron chi connectivity index (χ1n) is 11.6. The van der Waals surface area contributed by atoms with Crippen LogP contribution in [0.5, 0.6) is 23.0 Å². The Morgan fingerprint density at radius 1 is 1.09 bits per heavy atom. The molecule has 0 amide bonds. The summed E-state index contributed by atoms with van der Waals surface area (Å²) in [5.41, 5.74) is 3.97. The minimum atomic E-state index is -0.434. The average Bonchev–Trinajstić information content (AvgIpc) is 3.33. The lowest BCUT2D eigenvalue weighted by Gasteiger charge is -2.38. The fraction of sp³-hybridized carbons (Fsp3) is 0.250. The molecule has 0 saturated carbocycles. The topological polar surface area (TPSA) is 52.5 Å². The van der Waals surface area contributed by atoms with E-state index in [2.05, 4.69) is 6.58 Å². The number of hydrogen-bond acceptors (Lipinski definition) is 6. The van der Waals surface area contributed by atoms with Crippen molar-refractivity contribution in [2.24, 2.45) is 5.10 Å². The summed E-state index contributed by atoms with van der Waals surface area (Å²) in [4.78, 5) is 0. The summed E-state index contributed by atoms with van der Waals surface area (Å²) in [5.74, 6) is 2.92. The molecule has 7 heteroatoms. The summed E-state index contributed by atoms with van der Waals surface area (Å²) < 4.78 is 23.4. The second-order valence-electron chi connectivity index (χ2n) is 8.27. The molecule has 0 aromatic heterocycles. The maximum absolute atomic E-state index is 6.47. The van der Waals surface area contributed by atoms with Gasteiger partial charge in [0.05, 0.1) is 25.5 Å². The van der Waals surface area contributed by atoms with Gasteiger partial charge in [-0.3, -0.25) is 0 Å². The highest BCUT2D eigenvalue weighted by molar-refractivity contribution is 6.30. The fourth-order valence-electron chi connectivity index (χ4n) is 4.47. The fourth-order valence-corrected chi connectivity index (χ4v) is 4.65. The zero-order chi connectivity index (χ0) is 24.4. The average molecular weight is 491 g/mol. The van der Waals surface area contributed by atoms with Gasteiger partial charge in [0.25, 0.3) is 0 Å². The molecule has 3 aromatic carbocycles. The van der Waals surface area contributed by atoms with Crippen molar-refractivity contribution in [3.05, 3.63) is 95.0 Å². The highest BCUT2D eigenvalue weighted by Crippen LogP contribution is 2.49. The van der Waals surface area contributed by atoms with Crippen molar-refractivity contribution in [1.82, 2.24) is 5.01 Å². The maximum atomic E-state index is 6.47. The van der Waals surface area contributed by atoms with E-state index in [1.807, 2.05) is 72.6 Å². The van der Waals surface area contributed by atoms with Crippen LogP contribution in [-0.4, -0.2) is 31.0 Å². The van der Waals surface area contributed by atoms with E-state index in [4.69, 9.17) is 35.6 Å². The van der Waals surface area contributed by atoms with E-state index < -0.39 is 6.23 Å². The van der Waals surface area contributed by atoms with Crippen LogP contribution in [0.1, 0.15) is 42.3 Å². The molecule has 0 saturated heterocycles. The molecule has 180 valence electrons. The molecule has 3 aromatic rings. The van der Waals surface area contributed by atoms with Crippen LogP contribution in [0.2, 0.25) is 5.02 Å². The van der Waals surface area contributed by atoms with E-state index in [9.17, 15) is 0 Å². The predicted molar refractivity (Wildman–Crippen MR) is 137 cm³/mol. The first-order chi connectivity index (χ1) is 17.1. The quantitative estimate of drug-likeness (QED) is 0.335. The van der Waals surface area contributed by atoms with E-state index in [0.29, 0.717) is 29.7 Å². The molecule has 2 aliphatic rings. The van der Waals surface area contributed by atoms with Crippen LogP contribution in [0.4, 0.5) is 0 Å². The van der Waals surface area contributed by atoms with Crippen LogP contribution < -0.4 is 18.9 Å². The van der Waals surface area contributed by atoms with Crippen molar-refractivity contribution in [1.29, 1.82) is 0 Å². The predicted octanol–water partition coefficient (Wildman–Crippen LogP) is 6.55. The molecule has 0 fully saturated rings. The summed E-state index contributed by atoms with van der Waals surface area (Å²) in [6, 6.07) is 19.6. The van der Waals surface area contributed by atoms with E-state index >= 15 is 0 Å². The number of rotatable bonds is 8. The zero-order valence-electron chi connectivity index (χ0n) is 19.7. The van der Waals surface area contributed by atoms with Gasteiger partial charge in [-0.25, -0.2) is 5.01 Å². The molecule has 5 rings (SSSR count). The second kappa shape index (κ2) is 9.92. The Bertz CT molecular complexity index is 1260. The Balaban J connectivity index is 1.53. The normalized spacial score (nSPS) is 18.1.